The van der Waals surface area contributed by atoms with Gasteiger partial charge in [0.15, 0.2) is 0 Å². The van der Waals surface area contributed by atoms with E-state index in [9.17, 15) is 40.9 Å². The standard InChI is InChI=1S/C30H36N2O10/c1-13-7-15(3-5-17(13)29-27(39)25(37)23(35)21(11-33)41-29)19-9-32-20(10-31-19)16-4-6-18(14(2)8-16)30-28(40)26(38)24(36)22(12-34)42-30/h3-10,21-30,33-40H,11-12H2,1-2H3. The number of aryl methyl sites for hydroxylation is 2. The van der Waals surface area contributed by atoms with Gasteiger partial charge in [0.2, 0.25) is 0 Å². The van der Waals surface area contributed by atoms with E-state index in [0.717, 1.165) is 22.3 Å². The minimum absolute atomic E-state index is 0.503. The van der Waals surface area contributed by atoms with Crippen LogP contribution in [0.4, 0.5) is 0 Å². The molecule has 0 saturated carbocycles. The number of aromatic nitrogens is 2. The average molecular weight is 585 g/mol. The van der Waals surface area contributed by atoms with Crippen molar-refractivity contribution in [2.24, 2.45) is 0 Å². The van der Waals surface area contributed by atoms with Crippen molar-refractivity contribution in [3.05, 3.63) is 71.0 Å². The van der Waals surface area contributed by atoms with Crippen LogP contribution in [-0.4, -0.2) is 113 Å². The summed E-state index contributed by atoms with van der Waals surface area (Å²) in [5.41, 5.74) is 5.42. The van der Waals surface area contributed by atoms with E-state index in [1.165, 1.54) is 0 Å². The van der Waals surface area contributed by atoms with Crippen LogP contribution < -0.4 is 0 Å². The molecular weight excluding hydrogens is 548 g/mol. The van der Waals surface area contributed by atoms with Gasteiger partial charge in [0.05, 0.1) is 37.0 Å². The molecule has 0 aliphatic carbocycles. The minimum Gasteiger partial charge on any atom is -0.394 e. The minimum atomic E-state index is -1.46. The second-order valence-corrected chi connectivity index (χ2v) is 10.9. The Bertz CT molecular complexity index is 1280. The first kappa shape index (κ1) is 30.6. The molecule has 0 spiro atoms. The highest BCUT2D eigenvalue weighted by Gasteiger charge is 2.45. The molecule has 2 aliphatic rings. The number of aliphatic hydroxyl groups is 8. The Hall–Kier alpha value is -2.88. The summed E-state index contributed by atoms with van der Waals surface area (Å²) >= 11 is 0. The van der Waals surface area contributed by atoms with Gasteiger partial charge in [0, 0.05) is 11.1 Å². The van der Waals surface area contributed by atoms with E-state index in [4.69, 9.17) is 9.47 Å². The molecule has 12 nitrogen and oxygen atoms in total. The van der Waals surface area contributed by atoms with E-state index in [1.807, 2.05) is 26.0 Å². The van der Waals surface area contributed by atoms with Crippen LogP contribution in [0, 0.1) is 13.8 Å². The molecule has 0 amide bonds. The van der Waals surface area contributed by atoms with Crippen molar-refractivity contribution in [3.63, 3.8) is 0 Å². The van der Waals surface area contributed by atoms with Gasteiger partial charge in [-0.2, -0.15) is 0 Å². The first-order valence-corrected chi connectivity index (χ1v) is 13.7. The summed E-state index contributed by atoms with van der Waals surface area (Å²) in [5.74, 6) is 0. The summed E-state index contributed by atoms with van der Waals surface area (Å²) in [4.78, 5) is 9.12. The number of benzene rings is 2. The summed E-state index contributed by atoms with van der Waals surface area (Å²) in [7, 11) is 0. The number of nitrogens with zero attached hydrogens (tertiary/aromatic N) is 2. The maximum atomic E-state index is 10.5. The number of rotatable bonds is 6. The van der Waals surface area contributed by atoms with Crippen molar-refractivity contribution in [3.8, 4) is 22.5 Å². The van der Waals surface area contributed by atoms with E-state index in [2.05, 4.69) is 9.97 Å². The van der Waals surface area contributed by atoms with Crippen LogP contribution in [0.1, 0.15) is 34.5 Å². The lowest BCUT2D eigenvalue weighted by atomic mass is 9.88. The van der Waals surface area contributed by atoms with E-state index in [1.54, 1.807) is 36.7 Å². The smallest absolute Gasteiger partial charge is 0.113 e. The third-order valence-corrected chi connectivity index (χ3v) is 8.18. The Balaban J connectivity index is 1.34. The Morgan fingerprint density at radius 1 is 0.571 bits per heavy atom. The zero-order chi connectivity index (χ0) is 30.3. The lowest BCUT2D eigenvalue weighted by molar-refractivity contribution is -0.231. The fraction of sp³-hybridized carbons (Fsp3) is 0.467. The maximum absolute atomic E-state index is 10.5. The largest absolute Gasteiger partial charge is 0.394 e. The number of aliphatic hydroxyl groups excluding tert-OH is 8. The number of hydrogen-bond acceptors (Lipinski definition) is 12. The van der Waals surface area contributed by atoms with Crippen molar-refractivity contribution in [1.82, 2.24) is 9.97 Å². The Morgan fingerprint density at radius 3 is 1.26 bits per heavy atom. The first-order chi connectivity index (χ1) is 20.0. The van der Waals surface area contributed by atoms with Crippen molar-refractivity contribution < 1.29 is 50.3 Å². The molecule has 5 rings (SSSR count). The third-order valence-electron chi connectivity index (χ3n) is 8.18. The topological polar surface area (TPSA) is 206 Å². The highest BCUT2D eigenvalue weighted by atomic mass is 16.6. The summed E-state index contributed by atoms with van der Waals surface area (Å²) in [6, 6.07) is 10.8. The lowest BCUT2D eigenvalue weighted by Gasteiger charge is -2.40. The number of hydrogen-bond donors (Lipinski definition) is 8. The van der Waals surface area contributed by atoms with Crippen LogP contribution in [0.5, 0.6) is 0 Å². The Morgan fingerprint density at radius 2 is 0.952 bits per heavy atom. The van der Waals surface area contributed by atoms with Crippen LogP contribution in [-0.2, 0) is 9.47 Å². The molecule has 2 saturated heterocycles. The molecule has 2 fully saturated rings. The SMILES string of the molecule is Cc1cc(-c2cnc(-c3ccc(C4OC(CO)C(O)C(O)C4O)c(C)c3)cn2)ccc1C1OC(CO)C(O)C(O)C1O. The molecule has 2 aromatic carbocycles. The van der Waals surface area contributed by atoms with Crippen molar-refractivity contribution in [2.45, 2.75) is 74.9 Å². The Kier molecular flexibility index (Phi) is 9.02. The van der Waals surface area contributed by atoms with Crippen LogP contribution in [0.2, 0.25) is 0 Å². The number of ether oxygens (including phenoxy) is 2. The van der Waals surface area contributed by atoms with Gasteiger partial charge in [0.1, 0.15) is 61.0 Å². The Labute approximate surface area is 242 Å². The van der Waals surface area contributed by atoms with Gasteiger partial charge in [0.25, 0.3) is 0 Å². The zero-order valence-corrected chi connectivity index (χ0v) is 23.1. The molecule has 0 radical (unpaired) electrons. The van der Waals surface area contributed by atoms with Gasteiger partial charge in [-0.25, -0.2) is 0 Å². The molecule has 42 heavy (non-hydrogen) atoms. The lowest BCUT2D eigenvalue weighted by Crippen LogP contribution is -2.55. The van der Waals surface area contributed by atoms with Crippen molar-refractivity contribution >= 4 is 0 Å². The van der Waals surface area contributed by atoms with Crippen molar-refractivity contribution in [2.75, 3.05) is 13.2 Å². The molecule has 3 heterocycles. The van der Waals surface area contributed by atoms with Crippen LogP contribution in [0.3, 0.4) is 0 Å². The molecule has 1 aromatic heterocycles. The molecule has 3 aromatic rings. The molecule has 8 N–H and O–H groups in total. The van der Waals surface area contributed by atoms with Gasteiger partial charge >= 0.3 is 0 Å². The first-order valence-electron chi connectivity index (χ1n) is 13.7. The fourth-order valence-electron chi connectivity index (χ4n) is 5.65. The normalized spacial score (nSPS) is 33.5. The second kappa shape index (κ2) is 12.4. The van der Waals surface area contributed by atoms with E-state index in [-0.39, 0.29) is 0 Å². The van der Waals surface area contributed by atoms with Crippen LogP contribution >= 0.6 is 0 Å². The van der Waals surface area contributed by atoms with Gasteiger partial charge in [-0.05, 0) is 48.2 Å². The van der Waals surface area contributed by atoms with Gasteiger partial charge in [-0.3, -0.25) is 9.97 Å². The maximum Gasteiger partial charge on any atom is 0.113 e. The summed E-state index contributed by atoms with van der Waals surface area (Å²) in [6.45, 7) is 2.64. The predicted octanol–water partition coefficient (Wildman–Crippen LogP) is -0.543. The van der Waals surface area contributed by atoms with Gasteiger partial charge in [-0.15, -0.1) is 0 Å². The molecular formula is C30H36N2O10. The van der Waals surface area contributed by atoms with Gasteiger partial charge < -0.3 is 50.3 Å². The van der Waals surface area contributed by atoms with Crippen molar-refractivity contribution in [1.29, 1.82) is 0 Å². The summed E-state index contributed by atoms with van der Waals surface area (Å²) in [5, 5.41) is 80.5. The van der Waals surface area contributed by atoms with E-state index < -0.39 is 74.3 Å². The summed E-state index contributed by atoms with van der Waals surface area (Å²) in [6.07, 6.45) is -9.15. The molecule has 10 atom stereocenters. The average Bonchev–Trinajstić information content (AvgIpc) is 3.00. The zero-order valence-electron chi connectivity index (χ0n) is 23.1. The molecule has 0 bridgehead atoms. The summed E-state index contributed by atoms with van der Waals surface area (Å²) < 4.78 is 11.4. The fourth-order valence-corrected chi connectivity index (χ4v) is 5.65. The van der Waals surface area contributed by atoms with Crippen LogP contribution in [0.25, 0.3) is 22.5 Å². The van der Waals surface area contributed by atoms with E-state index >= 15 is 0 Å². The van der Waals surface area contributed by atoms with Crippen LogP contribution in [0.15, 0.2) is 48.8 Å². The van der Waals surface area contributed by atoms with Gasteiger partial charge in [-0.1, -0.05) is 24.3 Å². The molecule has 226 valence electrons. The molecule has 12 heteroatoms. The third kappa shape index (κ3) is 5.58. The monoisotopic (exact) mass is 584 g/mol. The van der Waals surface area contributed by atoms with E-state index in [0.29, 0.717) is 22.5 Å². The predicted molar refractivity (Wildman–Crippen MR) is 148 cm³/mol. The highest BCUT2D eigenvalue weighted by Crippen LogP contribution is 2.37. The molecule has 2 aliphatic heterocycles. The molecule has 10 unspecified atom stereocenters. The second-order valence-electron chi connectivity index (χ2n) is 10.9. The highest BCUT2D eigenvalue weighted by molar-refractivity contribution is 5.65. The quantitative estimate of drug-likeness (QED) is 0.184.